The number of carbonyl (C=O) groups excluding carboxylic acids is 1. The van der Waals surface area contributed by atoms with Crippen LogP contribution in [0.15, 0.2) is 73.1 Å². The predicted molar refractivity (Wildman–Crippen MR) is 117 cm³/mol. The molecule has 4 nitrogen and oxygen atoms in total. The number of aromatic nitrogens is 1. The fourth-order valence-corrected chi connectivity index (χ4v) is 4.29. The van der Waals surface area contributed by atoms with Crippen LogP contribution in [-0.4, -0.2) is 35.1 Å². The zero-order chi connectivity index (χ0) is 19.2. The molecule has 2 heterocycles. The number of amides is 1. The van der Waals surface area contributed by atoms with Gasteiger partial charge in [0.25, 0.3) is 0 Å². The molecule has 1 aromatic heterocycles. The fourth-order valence-electron chi connectivity index (χ4n) is 3.39. The normalized spacial score (nSPS) is 14.1. The van der Waals surface area contributed by atoms with Gasteiger partial charge in [-0.1, -0.05) is 24.3 Å². The number of anilines is 1. The molecule has 4 rings (SSSR count). The molecule has 28 heavy (non-hydrogen) atoms. The van der Waals surface area contributed by atoms with E-state index in [1.165, 1.54) is 17.2 Å². The molecule has 0 bridgehead atoms. The number of nitrogens with one attached hydrogen (secondary N) is 1. The maximum Gasteiger partial charge on any atom is 0.224 e. The maximum atomic E-state index is 12.3. The zero-order valence-corrected chi connectivity index (χ0v) is 16.7. The smallest absolute Gasteiger partial charge is 0.224 e. The van der Waals surface area contributed by atoms with E-state index >= 15 is 0 Å². The number of nitrogens with zero attached hydrogens (tertiary/aromatic N) is 2. The van der Waals surface area contributed by atoms with Crippen LogP contribution in [0.2, 0.25) is 0 Å². The Bertz CT molecular complexity index is 883. The molecular formula is C23H25N3OS. The second-order valence-electron chi connectivity index (χ2n) is 6.98. The van der Waals surface area contributed by atoms with Gasteiger partial charge in [-0.2, -0.15) is 11.8 Å². The summed E-state index contributed by atoms with van der Waals surface area (Å²) in [5.74, 6) is 2.44. The molecular weight excluding hydrogens is 366 g/mol. The van der Waals surface area contributed by atoms with Gasteiger partial charge in [-0.3, -0.25) is 4.79 Å². The highest BCUT2D eigenvalue weighted by molar-refractivity contribution is 7.99. The van der Waals surface area contributed by atoms with Gasteiger partial charge in [-0.15, -0.1) is 0 Å². The number of hydrogen-bond acceptors (Lipinski definition) is 3. The van der Waals surface area contributed by atoms with Crippen LogP contribution in [0.5, 0.6) is 0 Å². The minimum Gasteiger partial charge on any atom is -0.370 e. The third-order valence-electron chi connectivity index (χ3n) is 5.01. The molecule has 1 aliphatic heterocycles. The highest BCUT2D eigenvalue weighted by Crippen LogP contribution is 2.20. The van der Waals surface area contributed by atoms with Gasteiger partial charge in [-0.25, -0.2) is 0 Å². The third kappa shape index (κ3) is 4.78. The van der Waals surface area contributed by atoms with Crippen LogP contribution in [0.25, 0.3) is 5.69 Å². The Labute approximate surface area is 170 Å². The standard InChI is InChI=1S/C23H25N3OS/c27-23(17-19-3-7-21(8-4-19)25-11-1-2-12-25)24-18-20-5-9-22(10-6-20)26-13-15-28-16-14-26/h1-12H,13-18H2,(H,24,27). The summed E-state index contributed by atoms with van der Waals surface area (Å²) in [6.07, 6.45) is 4.42. The van der Waals surface area contributed by atoms with Crippen LogP contribution >= 0.6 is 11.8 Å². The van der Waals surface area contributed by atoms with E-state index in [1.807, 2.05) is 60.6 Å². The van der Waals surface area contributed by atoms with Crippen molar-refractivity contribution < 1.29 is 4.79 Å². The van der Waals surface area contributed by atoms with Gasteiger partial charge >= 0.3 is 0 Å². The van der Waals surface area contributed by atoms with Crippen LogP contribution in [0, 0.1) is 0 Å². The van der Waals surface area contributed by atoms with Crippen LogP contribution in [0.4, 0.5) is 5.69 Å². The largest absolute Gasteiger partial charge is 0.370 e. The minimum absolute atomic E-state index is 0.0471. The number of carbonyl (C=O) groups is 1. The third-order valence-corrected chi connectivity index (χ3v) is 5.95. The van der Waals surface area contributed by atoms with E-state index < -0.39 is 0 Å². The molecule has 0 saturated carbocycles. The summed E-state index contributed by atoms with van der Waals surface area (Å²) < 4.78 is 2.05. The van der Waals surface area contributed by atoms with Gasteiger partial charge in [0.2, 0.25) is 5.91 Å². The first kappa shape index (κ1) is 18.7. The SMILES string of the molecule is O=C(Cc1ccc(-n2cccc2)cc1)NCc1ccc(N2CCSCC2)cc1. The second kappa shape index (κ2) is 9.02. The lowest BCUT2D eigenvalue weighted by Crippen LogP contribution is -2.32. The van der Waals surface area contributed by atoms with E-state index in [9.17, 15) is 4.79 Å². The van der Waals surface area contributed by atoms with Gasteiger partial charge in [-0.05, 0) is 47.5 Å². The Morgan fingerprint density at radius 3 is 2.14 bits per heavy atom. The quantitative estimate of drug-likeness (QED) is 0.693. The molecule has 0 unspecified atom stereocenters. The average molecular weight is 392 g/mol. The van der Waals surface area contributed by atoms with Crippen molar-refractivity contribution in [2.24, 2.45) is 0 Å². The van der Waals surface area contributed by atoms with E-state index in [-0.39, 0.29) is 5.91 Å². The van der Waals surface area contributed by atoms with Crippen molar-refractivity contribution in [2.75, 3.05) is 29.5 Å². The van der Waals surface area contributed by atoms with E-state index in [1.54, 1.807) is 0 Å². The summed E-state index contributed by atoms with van der Waals surface area (Å²) in [5.41, 5.74) is 4.53. The van der Waals surface area contributed by atoms with Gasteiger partial charge in [0.1, 0.15) is 0 Å². The van der Waals surface area contributed by atoms with Crippen LogP contribution in [0.3, 0.4) is 0 Å². The van der Waals surface area contributed by atoms with E-state index in [0.29, 0.717) is 13.0 Å². The van der Waals surface area contributed by atoms with E-state index in [4.69, 9.17) is 0 Å². The summed E-state index contributed by atoms with van der Waals surface area (Å²) in [4.78, 5) is 14.7. The fraction of sp³-hybridized carbons (Fsp3) is 0.261. The topological polar surface area (TPSA) is 37.3 Å². The second-order valence-corrected chi connectivity index (χ2v) is 8.20. The molecule has 1 N–H and O–H groups in total. The van der Waals surface area contributed by atoms with Crippen LogP contribution < -0.4 is 10.2 Å². The van der Waals surface area contributed by atoms with Crippen molar-refractivity contribution in [3.8, 4) is 5.69 Å². The number of rotatable bonds is 6. The van der Waals surface area contributed by atoms with E-state index in [2.05, 4.69) is 39.0 Å². The average Bonchev–Trinajstić information content (AvgIpc) is 3.29. The first-order valence-electron chi connectivity index (χ1n) is 9.68. The van der Waals surface area contributed by atoms with Crippen LogP contribution in [-0.2, 0) is 17.8 Å². The Kier molecular flexibility index (Phi) is 6.02. The highest BCUT2D eigenvalue weighted by atomic mass is 32.2. The summed E-state index contributed by atoms with van der Waals surface area (Å²) >= 11 is 2.02. The predicted octanol–water partition coefficient (Wildman–Crippen LogP) is 3.89. The molecule has 5 heteroatoms. The van der Waals surface area contributed by atoms with Crippen molar-refractivity contribution in [1.82, 2.24) is 9.88 Å². The first-order valence-corrected chi connectivity index (χ1v) is 10.8. The van der Waals surface area contributed by atoms with Crippen molar-refractivity contribution in [1.29, 1.82) is 0 Å². The summed E-state index contributed by atoms with van der Waals surface area (Å²) in [5, 5.41) is 3.03. The lowest BCUT2D eigenvalue weighted by molar-refractivity contribution is -0.120. The molecule has 144 valence electrons. The van der Waals surface area contributed by atoms with Crippen molar-refractivity contribution in [3.63, 3.8) is 0 Å². The summed E-state index contributed by atoms with van der Waals surface area (Å²) in [7, 11) is 0. The molecule has 1 saturated heterocycles. The summed E-state index contributed by atoms with van der Waals surface area (Å²) in [6.45, 7) is 2.80. The van der Waals surface area contributed by atoms with Crippen molar-refractivity contribution >= 4 is 23.4 Å². The van der Waals surface area contributed by atoms with Crippen LogP contribution in [0.1, 0.15) is 11.1 Å². The zero-order valence-electron chi connectivity index (χ0n) is 15.9. The Morgan fingerprint density at radius 2 is 1.46 bits per heavy atom. The monoisotopic (exact) mass is 391 g/mol. The number of benzene rings is 2. The number of thioether (sulfide) groups is 1. The lowest BCUT2D eigenvalue weighted by atomic mass is 10.1. The van der Waals surface area contributed by atoms with Crippen molar-refractivity contribution in [3.05, 3.63) is 84.2 Å². The first-order chi connectivity index (χ1) is 13.8. The van der Waals surface area contributed by atoms with Crippen molar-refractivity contribution in [2.45, 2.75) is 13.0 Å². The molecule has 0 aliphatic carbocycles. The molecule has 0 spiro atoms. The van der Waals surface area contributed by atoms with Gasteiger partial charge in [0, 0.05) is 54.9 Å². The Morgan fingerprint density at radius 1 is 0.857 bits per heavy atom. The van der Waals surface area contributed by atoms with E-state index in [0.717, 1.165) is 29.9 Å². The molecule has 1 amide bonds. The van der Waals surface area contributed by atoms with Gasteiger partial charge in [0.15, 0.2) is 0 Å². The molecule has 1 fully saturated rings. The molecule has 3 aromatic rings. The maximum absolute atomic E-state index is 12.3. The molecule has 1 aliphatic rings. The molecule has 0 radical (unpaired) electrons. The molecule has 2 aromatic carbocycles. The van der Waals surface area contributed by atoms with Gasteiger partial charge in [0.05, 0.1) is 6.42 Å². The minimum atomic E-state index is 0.0471. The molecule has 0 atom stereocenters. The van der Waals surface area contributed by atoms with Gasteiger partial charge < -0.3 is 14.8 Å². The summed E-state index contributed by atoms with van der Waals surface area (Å²) in [6, 6.07) is 20.7. The number of hydrogen-bond donors (Lipinski definition) is 1. The highest BCUT2D eigenvalue weighted by Gasteiger charge is 2.11. The lowest BCUT2D eigenvalue weighted by Gasteiger charge is -2.28. The Hall–Kier alpha value is -2.66. The Balaban J connectivity index is 1.27.